The second-order valence-electron chi connectivity index (χ2n) is 4.84. The van der Waals surface area contributed by atoms with E-state index in [1.807, 2.05) is 13.8 Å². The van der Waals surface area contributed by atoms with Gasteiger partial charge < -0.3 is 23.4 Å². The first-order chi connectivity index (χ1) is 8.72. The molecule has 0 aliphatic carbocycles. The standard InChI is InChI=1S/C10H17B2BrO5/c1-3-11-14-5-6(16-11)7-8-9(10(13)15-7)18-12(4-2)17-8/h6-10H,3-5H2,1-2H3. The molecular weight excluding hydrogens is 302 g/mol. The summed E-state index contributed by atoms with van der Waals surface area (Å²) in [7, 11) is -0.244. The van der Waals surface area contributed by atoms with E-state index < -0.39 is 0 Å². The van der Waals surface area contributed by atoms with E-state index in [9.17, 15) is 0 Å². The van der Waals surface area contributed by atoms with Gasteiger partial charge in [-0.25, -0.2) is 0 Å². The SMILES string of the molecule is CCB1OCC(C2OC(Br)C3OB(CC)OC32)O1. The number of hydrogen-bond donors (Lipinski definition) is 0. The Kier molecular flexibility index (Phi) is 4.03. The maximum atomic E-state index is 5.89. The first-order valence-electron chi connectivity index (χ1n) is 6.60. The van der Waals surface area contributed by atoms with Gasteiger partial charge in [-0.1, -0.05) is 29.8 Å². The van der Waals surface area contributed by atoms with Gasteiger partial charge in [0.1, 0.15) is 17.2 Å². The summed E-state index contributed by atoms with van der Waals surface area (Å²) in [5, 5.41) is -0.131. The molecule has 0 aromatic heterocycles. The van der Waals surface area contributed by atoms with Crippen LogP contribution in [-0.4, -0.2) is 50.3 Å². The Morgan fingerprint density at radius 2 is 1.72 bits per heavy atom. The highest BCUT2D eigenvalue weighted by atomic mass is 79.9. The molecule has 5 atom stereocenters. The van der Waals surface area contributed by atoms with Crippen molar-refractivity contribution >= 4 is 30.2 Å². The topological polar surface area (TPSA) is 46.2 Å². The Balaban J connectivity index is 1.67. The van der Waals surface area contributed by atoms with Gasteiger partial charge in [0.2, 0.25) is 0 Å². The first-order valence-corrected chi connectivity index (χ1v) is 7.52. The molecule has 5 nitrogen and oxygen atoms in total. The Morgan fingerprint density at radius 3 is 2.39 bits per heavy atom. The molecule has 18 heavy (non-hydrogen) atoms. The first kappa shape index (κ1) is 13.4. The quantitative estimate of drug-likeness (QED) is 0.580. The van der Waals surface area contributed by atoms with Crippen LogP contribution in [-0.2, 0) is 23.4 Å². The number of ether oxygens (including phenoxy) is 1. The summed E-state index contributed by atoms with van der Waals surface area (Å²) in [4.78, 5) is 0. The number of halogens is 1. The van der Waals surface area contributed by atoms with Crippen molar-refractivity contribution in [3.63, 3.8) is 0 Å². The summed E-state index contributed by atoms with van der Waals surface area (Å²) in [5.41, 5.74) is 0. The monoisotopic (exact) mass is 318 g/mol. The lowest BCUT2D eigenvalue weighted by Crippen LogP contribution is -2.39. The molecule has 0 radical (unpaired) electrons. The fourth-order valence-corrected chi connectivity index (χ4v) is 3.35. The minimum atomic E-state index is -0.131. The summed E-state index contributed by atoms with van der Waals surface area (Å²) in [6, 6.07) is 0. The van der Waals surface area contributed by atoms with Gasteiger partial charge in [-0.2, -0.15) is 0 Å². The average Bonchev–Trinajstić information content (AvgIpc) is 3.05. The largest absolute Gasteiger partial charge is 0.457 e. The zero-order chi connectivity index (χ0) is 12.7. The molecule has 8 heteroatoms. The zero-order valence-corrected chi connectivity index (χ0v) is 12.2. The van der Waals surface area contributed by atoms with E-state index in [1.165, 1.54) is 0 Å². The molecule has 3 saturated heterocycles. The average molecular weight is 319 g/mol. The lowest BCUT2D eigenvalue weighted by molar-refractivity contribution is -0.0274. The molecule has 0 bridgehead atoms. The van der Waals surface area contributed by atoms with E-state index in [1.54, 1.807) is 0 Å². The Hall–Kier alpha value is 0.410. The van der Waals surface area contributed by atoms with E-state index in [0.29, 0.717) is 6.61 Å². The van der Waals surface area contributed by atoms with Crippen molar-refractivity contribution < 1.29 is 23.4 Å². The summed E-state index contributed by atoms with van der Waals surface area (Å²) in [6.45, 7) is 4.65. The van der Waals surface area contributed by atoms with Gasteiger partial charge in [0, 0.05) is 0 Å². The highest BCUT2D eigenvalue weighted by Crippen LogP contribution is 2.39. The Labute approximate surface area is 116 Å². The van der Waals surface area contributed by atoms with Crippen LogP contribution in [0.15, 0.2) is 0 Å². The van der Waals surface area contributed by atoms with Gasteiger partial charge in [0.15, 0.2) is 0 Å². The zero-order valence-electron chi connectivity index (χ0n) is 10.6. The van der Waals surface area contributed by atoms with Crippen LogP contribution in [0.4, 0.5) is 0 Å². The third kappa shape index (κ3) is 2.27. The predicted molar refractivity (Wildman–Crippen MR) is 70.6 cm³/mol. The molecule has 0 spiro atoms. The summed E-state index contributed by atoms with van der Waals surface area (Å²) >= 11 is 3.50. The van der Waals surface area contributed by atoms with Crippen LogP contribution in [0.3, 0.4) is 0 Å². The molecule has 3 fully saturated rings. The Morgan fingerprint density at radius 1 is 1.00 bits per heavy atom. The van der Waals surface area contributed by atoms with Crippen LogP contribution in [0.25, 0.3) is 0 Å². The van der Waals surface area contributed by atoms with Crippen molar-refractivity contribution in [2.75, 3.05) is 6.61 Å². The minimum Gasteiger partial charge on any atom is -0.408 e. The van der Waals surface area contributed by atoms with Crippen molar-refractivity contribution in [3.05, 3.63) is 0 Å². The van der Waals surface area contributed by atoms with Crippen molar-refractivity contribution in [1.29, 1.82) is 0 Å². The van der Waals surface area contributed by atoms with Crippen LogP contribution in [0.1, 0.15) is 13.8 Å². The lowest BCUT2D eigenvalue weighted by Gasteiger charge is -2.22. The van der Waals surface area contributed by atoms with Crippen molar-refractivity contribution in [2.24, 2.45) is 0 Å². The third-order valence-corrected chi connectivity index (χ3v) is 4.35. The highest BCUT2D eigenvalue weighted by molar-refractivity contribution is 9.09. The van der Waals surface area contributed by atoms with E-state index in [0.717, 1.165) is 12.6 Å². The minimum absolute atomic E-state index is 0.0516. The predicted octanol–water partition coefficient (Wildman–Crippen LogP) is 1.32. The van der Waals surface area contributed by atoms with Crippen molar-refractivity contribution in [1.82, 2.24) is 0 Å². The fourth-order valence-electron chi connectivity index (χ4n) is 2.67. The highest BCUT2D eigenvalue weighted by Gasteiger charge is 2.56. The van der Waals surface area contributed by atoms with E-state index >= 15 is 0 Å². The summed E-state index contributed by atoms with van der Waals surface area (Å²) < 4.78 is 28.9. The molecule has 3 rings (SSSR count). The van der Waals surface area contributed by atoms with Gasteiger partial charge in [0.05, 0.1) is 18.8 Å². The van der Waals surface area contributed by atoms with Crippen LogP contribution in [0.2, 0.25) is 12.6 Å². The van der Waals surface area contributed by atoms with Crippen molar-refractivity contribution in [3.8, 4) is 0 Å². The molecule has 100 valence electrons. The Bertz CT molecular complexity index is 310. The smallest absolute Gasteiger partial charge is 0.408 e. The van der Waals surface area contributed by atoms with Crippen LogP contribution < -0.4 is 0 Å². The maximum Gasteiger partial charge on any atom is 0.457 e. The molecule has 0 aromatic rings. The molecule has 5 unspecified atom stereocenters. The van der Waals surface area contributed by atoms with Gasteiger partial charge in [-0.3, -0.25) is 0 Å². The second kappa shape index (κ2) is 5.42. The van der Waals surface area contributed by atoms with E-state index in [4.69, 9.17) is 23.4 Å². The van der Waals surface area contributed by atoms with Gasteiger partial charge in [0.25, 0.3) is 0 Å². The second-order valence-corrected chi connectivity index (χ2v) is 5.74. The summed E-state index contributed by atoms with van der Waals surface area (Å²) in [5.74, 6) is 0. The van der Waals surface area contributed by atoms with Crippen LogP contribution in [0, 0.1) is 0 Å². The molecule has 3 aliphatic heterocycles. The molecular formula is C10H17B2BrO5. The normalized spacial score (nSPS) is 43.8. The molecule has 0 aromatic carbocycles. The number of fused-ring (bicyclic) bond motifs is 1. The van der Waals surface area contributed by atoms with E-state index in [2.05, 4.69) is 15.9 Å². The van der Waals surface area contributed by atoms with Gasteiger partial charge in [-0.15, -0.1) is 0 Å². The summed E-state index contributed by atoms with van der Waals surface area (Å²) in [6.07, 6.45) is 1.40. The molecule has 3 heterocycles. The van der Waals surface area contributed by atoms with Crippen LogP contribution >= 0.6 is 15.9 Å². The number of hydrogen-bond acceptors (Lipinski definition) is 5. The molecule has 0 saturated carbocycles. The molecule has 3 aliphatic rings. The fraction of sp³-hybridized carbons (Fsp3) is 1.00. The molecule has 0 amide bonds. The van der Waals surface area contributed by atoms with Crippen LogP contribution in [0.5, 0.6) is 0 Å². The van der Waals surface area contributed by atoms with E-state index in [-0.39, 0.29) is 43.7 Å². The van der Waals surface area contributed by atoms with Gasteiger partial charge in [-0.05, 0) is 12.6 Å². The number of alkyl halides is 1. The maximum absolute atomic E-state index is 5.89. The third-order valence-electron chi connectivity index (χ3n) is 3.62. The van der Waals surface area contributed by atoms with Gasteiger partial charge >= 0.3 is 14.2 Å². The van der Waals surface area contributed by atoms with Crippen molar-refractivity contribution in [2.45, 2.75) is 55.9 Å². The lowest BCUT2D eigenvalue weighted by atomic mass is 9.86. The number of rotatable bonds is 3. The molecule has 0 N–H and O–H groups in total.